The number of rotatable bonds is 6. The van der Waals surface area contributed by atoms with Gasteiger partial charge >= 0.3 is 0 Å². The van der Waals surface area contributed by atoms with E-state index in [1.165, 1.54) is 8.66 Å². The molecular formula is C10H14BrNOS. The fourth-order valence-electron chi connectivity index (χ4n) is 0.953. The van der Waals surface area contributed by atoms with Crippen LogP contribution in [0.15, 0.2) is 22.0 Å². The molecule has 1 N–H and O–H groups in total. The first-order valence-electron chi connectivity index (χ1n) is 4.44. The third-order valence-electron chi connectivity index (χ3n) is 1.62. The van der Waals surface area contributed by atoms with E-state index in [0.717, 1.165) is 19.7 Å². The molecule has 0 unspecified atom stereocenters. The van der Waals surface area contributed by atoms with Gasteiger partial charge in [-0.25, -0.2) is 0 Å². The number of methoxy groups -OCH3 is 1. The summed E-state index contributed by atoms with van der Waals surface area (Å²) in [4.78, 5) is 1.27. The van der Waals surface area contributed by atoms with Crippen molar-refractivity contribution >= 4 is 33.3 Å². The molecule has 0 saturated carbocycles. The van der Waals surface area contributed by atoms with Gasteiger partial charge in [-0.15, -0.1) is 11.3 Å². The minimum Gasteiger partial charge on any atom is -0.383 e. The summed E-state index contributed by atoms with van der Waals surface area (Å²) in [6.07, 6.45) is 4.24. The van der Waals surface area contributed by atoms with E-state index in [1.54, 1.807) is 18.4 Å². The lowest BCUT2D eigenvalue weighted by molar-refractivity contribution is 0.200. The Bertz CT molecular complexity index is 285. The summed E-state index contributed by atoms with van der Waals surface area (Å²) < 4.78 is 6.09. The minimum atomic E-state index is 0.762. The first kappa shape index (κ1) is 11.9. The van der Waals surface area contributed by atoms with Crippen LogP contribution in [0.1, 0.15) is 4.88 Å². The Hall–Kier alpha value is -0.160. The van der Waals surface area contributed by atoms with Crippen molar-refractivity contribution in [3.05, 3.63) is 26.9 Å². The number of ether oxygens (including phenoxy) is 1. The maximum absolute atomic E-state index is 4.92. The molecule has 78 valence electrons. The zero-order valence-electron chi connectivity index (χ0n) is 8.13. The second-order valence-electron chi connectivity index (χ2n) is 2.74. The first-order chi connectivity index (χ1) is 6.83. The molecule has 0 saturated heterocycles. The summed E-state index contributed by atoms with van der Waals surface area (Å²) in [5.41, 5.74) is 0. The van der Waals surface area contributed by atoms with Crippen molar-refractivity contribution in [3.8, 4) is 0 Å². The van der Waals surface area contributed by atoms with Crippen LogP contribution >= 0.6 is 27.3 Å². The van der Waals surface area contributed by atoms with E-state index < -0.39 is 0 Å². The standard InChI is InChI=1S/C10H14BrNOS/c1-13-8-7-12-6-2-3-9-4-5-10(11)14-9/h2-5,12H,6-8H2,1H3. The van der Waals surface area contributed by atoms with Crippen molar-refractivity contribution in [1.29, 1.82) is 0 Å². The molecule has 1 aromatic rings. The molecular weight excluding hydrogens is 262 g/mol. The Balaban J connectivity index is 2.15. The highest BCUT2D eigenvalue weighted by Gasteiger charge is 1.91. The number of thiophene rings is 1. The molecule has 0 amide bonds. The zero-order chi connectivity index (χ0) is 10.2. The predicted octanol–water partition coefficient (Wildman–Crippen LogP) is 2.76. The smallest absolute Gasteiger partial charge is 0.0704 e. The lowest BCUT2D eigenvalue weighted by Gasteiger charge is -1.98. The molecule has 1 rings (SSSR count). The summed E-state index contributed by atoms with van der Waals surface area (Å²) >= 11 is 5.16. The van der Waals surface area contributed by atoms with E-state index in [4.69, 9.17) is 4.74 Å². The van der Waals surface area contributed by atoms with Crippen molar-refractivity contribution in [3.63, 3.8) is 0 Å². The summed E-state index contributed by atoms with van der Waals surface area (Å²) in [6, 6.07) is 4.16. The maximum atomic E-state index is 4.92. The molecule has 0 aliphatic rings. The summed E-state index contributed by atoms with van der Waals surface area (Å²) in [6.45, 7) is 2.55. The van der Waals surface area contributed by atoms with Gasteiger partial charge in [0, 0.05) is 25.1 Å². The second kappa shape index (κ2) is 7.17. The quantitative estimate of drug-likeness (QED) is 0.807. The number of nitrogens with one attached hydrogen (secondary N) is 1. The van der Waals surface area contributed by atoms with Gasteiger partial charge in [-0.3, -0.25) is 0 Å². The number of hydrogen-bond donors (Lipinski definition) is 1. The van der Waals surface area contributed by atoms with Gasteiger partial charge < -0.3 is 10.1 Å². The van der Waals surface area contributed by atoms with Gasteiger partial charge in [0.15, 0.2) is 0 Å². The average molecular weight is 276 g/mol. The SMILES string of the molecule is COCCNCC=Cc1ccc(Br)s1. The molecule has 1 aromatic heterocycles. The van der Waals surface area contributed by atoms with E-state index in [2.05, 4.69) is 45.5 Å². The van der Waals surface area contributed by atoms with Crippen LogP contribution in [0.25, 0.3) is 6.08 Å². The van der Waals surface area contributed by atoms with E-state index in [0.29, 0.717) is 0 Å². The van der Waals surface area contributed by atoms with Gasteiger partial charge in [0.2, 0.25) is 0 Å². The van der Waals surface area contributed by atoms with Gasteiger partial charge in [-0.2, -0.15) is 0 Å². The molecule has 14 heavy (non-hydrogen) atoms. The van der Waals surface area contributed by atoms with Crippen LogP contribution in [0.5, 0.6) is 0 Å². The molecule has 0 atom stereocenters. The van der Waals surface area contributed by atoms with Crippen LogP contribution in [0, 0.1) is 0 Å². The van der Waals surface area contributed by atoms with Gasteiger partial charge in [-0.1, -0.05) is 6.08 Å². The van der Waals surface area contributed by atoms with Crippen LogP contribution in [0.2, 0.25) is 0 Å². The van der Waals surface area contributed by atoms with Gasteiger partial charge in [-0.05, 0) is 34.1 Å². The number of halogens is 1. The molecule has 0 bridgehead atoms. The monoisotopic (exact) mass is 275 g/mol. The summed E-state index contributed by atoms with van der Waals surface area (Å²) in [5, 5.41) is 3.24. The highest BCUT2D eigenvalue weighted by atomic mass is 79.9. The first-order valence-corrected chi connectivity index (χ1v) is 6.05. The molecule has 0 aliphatic carbocycles. The molecule has 2 nitrogen and oxygen atoms in total. The molecule has 0 fully saturated rings. The van der Waals surface area contributed by atoms with Crippen molar-refractivity contribution in [1.82, 2.24) is 5.32 Å². The van der Waals surface area contributed by atoms with Crippen LogP contribution in [0.3, 0.4) is 0 Å². The number of hydrogen-bond acceptors (Lipinski definition) is 3. The fourth-order valence-corrected chi connectivity index (χ4v) is 2.31. The molecule has 0 spiro atoms. The third-order valence-corrected chi connectivity index (χ3v) is 3.21. The van der Waals surface area contributed by atoms with Crippen LogP contribution in [-0.4, -0.2) is 26.8 Å². The normalized spacial score (nSPS) is 11.3. The van der Waals surface area contributed by atoms with Gasteiger partial charge in [0.05, 0.1) is 10.4 Å². The highest BCUT2D eigenvalue weighted by Crippen LogP contribution is 2.22. The molecule has 4 heteroatoms. The zero-order valence-corrected chi connectivity index (χ0v) is 10.5. The fraction of sp³-hybridized carbons (Fsp3) is 0.400. The van der Waals surface area contributed by atoms with Crippen molar-refractivity contribution in [2.45, 2.75) is 0 Å². The topological polar surface area (TPSA) is 21.3 Å². The van der Waals surface area contributed by atoms with Crippen LogP contribution < -0.4 is 5.32 Å². The average Bonchev–Trinajstić information content (AvgIpc) is 2.58. The van der Waals surface area contributed by atoms with E-state index >= 15 is 0 Å². The largest absolute Gasteiger partial charge is 0.383 e. The predicted molar refractivity (Wildman–Crippen MR) is 65.8 cm³/mol. The highest BCUT2D eigenvalue weighted by molar-refractivity contribution is 9.11. The Morgan fingerprint density at radius 1 is 1.57 bits per heavy atom. The van der Waals surface area contributed by atoms with Crippen LogP contribution in [0.4, 0.5) is 0 Å². The van der Waals surface area contributed by atoms with Crippen molar-refractivity contribution in [2.75, 3.05) is 26.8 Å². The van der Waals surface area contributed by atoms with Crippen molar-refractivity contribution in [2.24, 2.45) is 0 Å². The summed E-state index contributed by atoms with van der Waals surface area (Å²) in [5.74, 6) is 0. The van der Waals surface area contributed by atoms with E-state index in [9.17, 15) is 0 Å². The summed E-state index contributed by atoms with van der Waals surface area (Å²) in [7, 11) is 1.71. The lowest BCUT2D eigenvalue weighted by atomic mass is 10.4. The minimum absolute atomic E-state index is 0.762. The van der Waals surface area contributed by atoms with Crippen molar-refractivity contribution < 1.29 is 4.74 Å². The Morgan fingerprint density at radius 2 is 2.43 bits per heavy atom. The van der Waals surface area contributed by atoms with E-state index in [-0.39, 0.29) is 0 Å². The van der Waals surface area contributed by atoms with Crippen LogP contribution in [-0.2, 0) is 4.74 Å². The van der Waals surface area contributed by atoms with E-state index in [1.807, 2.05) is 0 Å². The molecule has 0 radical (unpaired) electrons. The second-order valence-corrected chi connectivity index (χ2v) is 5.24. The van der Waals surface area contributed by atoms with Gasteiger partial charge in [0.1, 0.15) is 0 Å². The Kier molecular flexibility index (Phi) is 6.10. The molecule has 0 aliphatic heterocycles. The maximum Gasteiger partial charge on any atom is 0.0704 e. The lowest BCUT2D eigenvalue weighted by Crippen LogP contribution is -2.18. The van der Waals surface area contributed by atoms with Gasteiger partial charge in [0.25, 0.3) is 0 Å². The molecule has 1 heterocycles. The third kappa shape index (κ3) is 4.91. The Morgan fingerprint density at radius 3 is 3.07 bits per heavy atom. The Labute approximate surface area is 97.1 Å². The molecule has 0 aromatic carbocycles.